The van der Waals surface area contributed by atoms with Gasteiger partial charge in [-0.15, -0.1) is 0 Å². The first kappa shape index (κ1) is 11.4. The van der Waals surface area contributed by atoms with E-state index in [2.05, 4.69) is 18.7 Å². The second-order valence-electron chi connectivity index (χ2n) is 4.25. The van der Waals surface area contributed by atoms with Gasteiger partial charge in [0.25, 0.3) is 0 Å². The molecule has 1 unspecified atom stereocenters. The van der Waals surface area contributed by atoms with Gasteiger partial charge >= 0.3 is 0 Å². The minimum Gasteiger partial charge on any atom is -0.328 e. The van der Waals surface area contributed by atoms with Gasteiger partial charge < -0.3 is 5.73 Å². The molecule has 0 bridgehead atoms. The van der Waals surface area contributed by atoms with Gasteiger partial charge in [0.1, 0.15) is 0 Å². The van der Waals surface area contributed by atoms with Crippen LogP contribution in [0.2, 0.25) is 0 Å². The smallest absolute Gasteiger partial charge is 0.00470 e. The maximum atomic E-state index is 5.73. The lowest BCUT2D eigenvalue weighted by atomic mass is 10.2. The molecule has 1 aliphatic rings. The topological polar surface area (TPSA) is 26.0 Å². The second-order valence-corrected chi connectivity index (χ2v) is 5.66. The lowest BCUT2D eigenvalue weighted by molar-refractivity contribution is 0.702. The number of nitrogens with two attached hydrogens (primary N) is 1. The van der Waals surface area contributed by atoms with Crippen molar-refractivity contribution in [3.05, 3.63) is 0 Å². The normalized spacial score (nSPS) is 22.6. The van der Waals surface area contributed by atoms with Crippen LogP contribution in [0.5, 0.6) is 0 Å². The van der Waals surface area contributed by atoms with Gasteiger partial charge in [-0.2, -0.15) is 11.8 Å². The van der Waals surface area contributed by atoms with E-state index in [1.807, 2.05) is 0 Å². The van der Waals surface area contributed by atoms with E-state index in [-0.39, 0.29) is 0 Å². The first-order chi connectivity index (χ1) is 6.29. The zero-order valence-electron chi connectivity index (χ0n) is 8.80. The van der Waals surface area contributed by atoms with Gasteiger partial charge in [0.2, 0.25) is 0 Å². The van der Waals surface area contributed by atoms with Crippen LogP contribution in [0.1, 0.15) is 51.9 Å². The van der Waals surface area contributed by atoms with Crippen molar-refractivity contribution < 1.29 is 0 Å². The molecule has 0 aromatic heterocycles. The molecule has 0 amide bonds. The Labute approximate surface area is 86.8 Å². The van der Waals surface area contributed by atoms with Crippen LogP contribution in [0.15, 0.2) is 0 Å². The molecule has 1 aliphatic carbocycles. The van der Waals surface area contributed by atoms with Crippen molar-refractivity contribution >= 4 is 11.8 Å². The summed E-state index contributed by atoms with van der Waals surface area (Å²) in [6.45, 7) is 2.10. The highest BCUT2D eigenvalue weighted by Gasteiger charge is 2.12. The van der Waals surface area contributed by atoms with Crippen LogP contribution in [0.3, 0.4) is 0 Å². The molecule has 2 heteroatoms. The molecular weight excluding hydrogens is 178 g/mol. The summed E-state index contributed by atoms with van der Waals surface area (Å²) in [4.78, 5) is 0. The molecule has 0 saturated heterocycles. The van der Waals surface area contributed by atoms with Gasteiger partial charge in [-0.3, -0.25) is 0 Å². The summed E-state index contributed by atoms with van der Waals surface area (Å²) in [6, 6.07) is 0.387. The monoisotopic (exact) mass is 201 g/mol. The molecular formula is C11H23NS. The van der Waals surface area contributed by atoms with Crippen LogP contribution in [-0.2, 0) is 0 Å². The molecule has 13 heavy (non-hydrogen) atoms. The Morgan fingerprint density at radius 3 is 2.38 bits per heavy atom. The largest absolute Gasteiger partial charge is 0.328 e. The summed E-state index contributed by atoms with van der Waals surface area (Å²) < 4.78 is 0. The number of hydrogen-bond donors (Lipinski definition) is 1. The van der Waals surface area contributed by atoms with Crippen molar-refractivity contribution in [2.75, 3.05) is 5.75 Å². The van der Waals surface area contributed by atoms with E-state index in [4.69, 9.17) is 5.73 Å². The van der Waals surface area contributed by atoms with E-state index in [1.165, 1.54) is 50.7 Å². The molecule has 0 aliphatic heterocycles. The predicted molar refractivity (Wildman–Crippen MR) is 62.2 cm³/mol. The molecule has 78 valence electrons. The number of rotatable bonds is 4. The van der Waals surface area contributed by atoms with Crippen molar-refractivity contribution in [2.45, 2.75) is 63.2 Å². The Morgan fingerprint density at radius 2 is 1.85 bits per heavy atom. The van der Waals surface area contributed by atoms with E-state index < -0.39 is 0 Å². The lowest BCUT2D eigenvalue weighted by Crippen LogP contribution is -2.16. The first-order valence-corrected chi connectivity index (χ1v) is 6.71. The summed E-state index contributed by atoms with van der Waals surface area (Å²) in [7, 11) is 0. The van der Waals surface area contributed by atoms with Crippen molar-refractivity contribution in [3.63, 3.8) is 0 Å². The Bertz CT molecular complexity index is 117. The van der Waals surface area contributed by atoms with Crippen molar-refractivity contribution in [1.82, 2.24) is 0 Å². The van der Waals surface area contributed by atoms with Gasteiger partial charge in [0.15, 0.2) is 0 Å². The van der Waals surface area contributed by atoms with Crippen molar-refractivity contribution in [1.29, 1.82) is 0 Å². The third-order valence-corrected chi connectivity index (χ3v) is 4.14. The average Bonchev–Trinajstić information content (AvgIpc) is 2.32. The van der Waals surface area contributed by atoms with Crippen LogP contribution in [0.25, 0.3) is 0 Å². The van der Waals surface area contributed by atoms with E-state index >= 15 is 0 Å². The van der Waals surface area contributed by atoms with Crippen molar-refractivity contribution in [2.24, 2.45) is 5.73 Å². The minimum absolute atomic E-state index is 0.387. The van der Waals surface area contributed by atoms with Crippen molar-refractivity contribution in [3.8, 4) is 0 Å². The molecule has 2 N–H and O–H groups in total. The van der Waals surface area contributed by atoms with E-state index in [0.717, 1.165) is 5.25 Å². The highest BCUT2D eigenvalue weighted by Crippen LogP contribution is 2.27. The van der Waals surface area contributed by atoms with Crippen LogP contribution in [-0.4, -0.2) is 17.0 Å². The van der Waals surface area contributed by atoms with Crippen LogP contribution >= 0.6 is 11.8 Å². The summed E-state index contributed by atoms with van der Waals surface area (Å²) in [5, 5.41) is 0.946. The molecule has 1 fully saturated rings. The number of hydrogen-bond acceptors (Lipinski definition) is 2. The third kappa shape index (κ3) is 5.58. The SMILES string of the molecule is CC(N)CCSC1CCCCCC1. The molecule has 1 saturated carbocycles. The fraction of sp³-hybridized carbons (Fsp3) is 1.00. The maximum Gasteiger partial charge on any atom is 0.00470 e. The molecule has 0 aromatic carbocycles. The average molecular weight is 201 g/mol. The summed E-state index contributed by atoms with van der Waals surface area (Å²) >= 11 is 2.16. The Morgan fingerprint density at radius 1 is 1.23 bits per heavy atom. The third-order valence-electron chi connectivity index (χ3n) is 2.73. The highest BCUT2D eigenvalue weighted by atomic mass is 32.2. The van der Waals surface area contributed by atoms with Gasteiger partial charge in [-0.25, -0.2) is 0 Å². The fourth-order valence-electron chi connectivity index (χ4n) is 1.83. The Hall–Kier alpha value is 0.310. The zero-order chi connectivity index (χ0) is 9.52. The zero-order valence-corrected chi connectivity index (χ0v) is 9.61. The lowest BCUT2D eigenvalue weighted by Gasteiger charge is -2.13. The highest BCUT2D eigenvalue weighted by molar-refractivity contribution is 7.99. The summed E-state index contributed by atoms with van der Waals surface area (Å²) in [5.74, 6) is 1.27. The fourth-order valence-corrected chi connectivity index (χ4v) is 3.34. The Kier molecular flexibility index (Phi) is 5.88. The molecule has 0 aromatic rings. The van der Waals surface area contributed by atoms with E-state index in [0.29, 0.717) is 6.04 Å². The van der Waals surface area contributed by atoms with Gasteiger partial charge in [0.05, 0.1) is 0 Å². The van der Waals surface area contributed by atoms with Gasteiger partial charge in [-0.05, 0) is 31.9 Å². The second kappa shape index (κ2) is 6.72. The predicted octanol–water partition coefficient (Wildman–Crippen LogP) is 3.18. The van der Waals surface area contributed by atoms with Crippen LogP contribution in [0.4, 0.5) is 0 Å². The first-order valence-electron chi connectivity index (χ1n) is 5.66. The van der Waals surface area contributed by atoms with Crippen LogP contribution in [0, 0.1) is 0 Å². The van der Waals surface area contributed by atoms with E-state index in [1.54, 1.807) is 0 Å². The molecule has 0 radical (unpaired) electrons. The molecule has 1 nitrogen and oxygen atoms in total. The minimum atomic E-state index is 0.387. The summed E-state index contributed by atoms with van der Waals surface area (Å²) in [5.41, 5.74) is 5.73. The Balaban J connectivity index is 2.05. The molecule has 1 atom stereocenters. The molecule has 0 heterocycles. The molecule has 0 spiro atoms. The summed E-state index contributed by atoms with van der Waals surface area (Å²) in [6.07, 6.45) is 9.91. The maximum absolute atomic E-state index is 5.73. The van der Waals surface area contributed by atoms with Gasteiger partial charge in [0, 0.05) is 11.3 Å². The van der Waals surface area contributed by atoms with Gasteiger partial charge in [-0.1, -0.05) is 25.7 Å². The van der Waals surface area contributed by atoms with E-state index in [9.17, 15) is 0 Å². The quantitative estimate of drug-likeness (QED) is 0.707. The molecule has 1 rings (SSSR count). The van der Waals surface area contributed by atoms with Crippen LogP contribution < -0.4 is 5.73 Å². The number of thioether (sulfide) groups is 1. The standard InChI is InChI=1S/C11H23NS/c1-10(12)8-9-13-11-6-4-2-3-5-7-11/h10-11H,2-9,12H2,1H3.